The number of nitrogens with zero attached hydrogens (tertiary/aromatic N) is 1. The zero-order chi connectivity index (χ0) is 9.26. The molecule has 0 radical (unpaired) electrons. The van der Waals surface area contributed by atoms with E-state index in [4.69, 9.17) is 11.6 Å². The van der Waals surface area contributed by atoms with Gasteiger partial charge in [-0.25, -0.2) is 4.98 Å². The third-order valence-electron chi connectivity index (χ3n) is 2.53. The fourth-order valence-corrected chi connectivity index (χ4v) is 2.05. The SMILES string of the molecule is Cc1nc(Cl)ccc1[C@H]1CCCN1. The van der Waals surface area contributed by atoms with Crippen molar-refractivity contribution in [3.63, 3.8) is 0 Å². The molecule has 1 aromatic rings. The lowest BCUT2D eigenvalue weighted by atomic mass is 10.0. The van der Waals surface area contributed by atoms with Crippen LogP contribution in [0.2, 0.25) is 5.15 Å². The Labute approximate surface area is 83.3 Å². The van der Waals surface area contributed by atoms with Gasteiger partial charge in [-0.05, 0) is 37.9 Å². The van der Waals surface area contributed by atoms with Crippen LogP contribution in [0.1, 0.15) is 30.1 Å². The lowest BCUT2D eigenvalue weighted by Gasteiger charge is -2.12. The Morgan fingerprint density at radius 3 is 3.00 bits per heavy atom. The number of hydrogen-bond donors (Lipinski definition) is 1. The van der Waals surface area contributed by atoms with Gasteiger partial charge in [-0.15, -0.1) is 0 Å². The summed E-state index contributed by atoms with van der Waals surface area (Å²) in [6, 6.07) is 4.43. The maximum atomic E-state index is 5.79. The molecule has 1 saturated heterocycles. The van der Waals surface area contributed by atoms with Crippen LogP contribution in [0.15, 0.2) is 12.1 Å². The summed E-state index contributed by atoms with van der Waals surface area (Å²) in [5, 5.41) is 4.03. The molecule has 1 aliphatic heterocycles. The molecule has 2 heterocycles. The summed E-state index contributed by atoms with van der Waals surface area (Å²) < 4.78 is 0. The second-order valence-electron chi connectivity index (χ2n) is 3.46. The molecule has 0 aliphatic carbocycles. The first-order valence-electron chi connectivity index (χ1n) is 4.64. The van der Waals surface area contributed by atoms with Crippen molar-refractivity contribution in [2.75, 3.05) is 6.54 Å². The highest BCUT2D eigenvalue weighted by molar-refractivity contribution is 6.29. The van der Waals surface area contributed by atoms with E-state index in [0.29, 0.717) is 11.2 Å². The van der Waals surface area contributed by atoms with Crippen molar-refractivity contribution < 1.29 is 0 Å². The predicted octanol–water partition coefficient (Wildman–Crippen LogP) is 2.47. The molecular formula is C10H13ClN2. The van der Waals surface area contributed by atoms with Gasteiger partial charge in [0, 0.05) is 11.7 Å². The van der Waals surface area contributed by atoms with Crippen LogP contribution in [0.3, 0.4) is 0 Å². The van der Waals surface area contributed by atoms with E-state index in [2.05, 4.69) is 16.4 Å². The monoisotopic (exact) mass is 196 g/mol. The average Bonchev–Trinajstić information content (AvgIpc) is 2.56. The van der Waals surface area contributed by atoms with Gasteiger partial charge in [0.1, 0.15) is 5.15 Å². The Morgan fingerprint density at radius 2 is 2.38 bits per heavy atom. The fourth-order valence-electron chi connectivity index (χ4n) is 1.86. The van der Waals surface area contributed by atoms with Gasteiger partial charge >= 0.3 is 0 Å². The first-order chi connectivity index (χ1) is 6.27. The van der Waals surface area contributed by atoms with Crippen LogP contribution >= 0.6 is 11.6 Å². The van der Waals surface area contributed by atoms with Crippen LogP contribution in [0.25, 0.3) is 0 Å². The molecule has 3 heteroatoms. The molecule has 1 atom stereocenters. The molecule has 1 aliphatic rings. The zero-order valence-corrected chi connectivity index (χ0v) is 8.43. The van der Waals surface area contributed by atoms with E-state index in [1.807, 2.05) is 13.0 Å². The number of nitrogens with one attached hydrogen (secondary N) is 1. The van der Waals surface area contributed by atoms with Crippen molar-refractivity contribution in [1.29, 1.82) is 0 Å². The van der Waals surface area contributed by atoms with Crippen LogP contribution in [0.4, 0.5) is 0 Å². The second kappa shape index (κ2) is 3.64. The van der Waals surface area contributed by atoms with Crippen LogP contribution < -0.4 is 5.32 Å². The van der Waals surface area contributed by atoms with Crippen molar-refractivity contribution in [3.8, 4) is 0 Å². The van der Waals surface area contributed by atoms with Gasteiger partial charge in [-0.1, -0.05) is 17.7 Å². The minimum Gasteiger partial charge on any atom is -0.310 e. The van der Waals surface area contributed by atoms with Crippen LogP contribution in [-0.4, -0.2) is 11.5 Å². The van der Waals surface area contributed by atoms with Crippen LogP contribution in [-0.2, 0) is 0 Å². The van der Waals surface area contributed by atoms with Gasteiger partial charge in [0.05, 0.1) is 0 Å². The molecule has 1 fully saturated rings. The Kier molecular flexibility index (Phi) is 2.51. The van der Waals surface area contributed by atoms with Crippen molar-refractivity contribution in [2.45, 2.75) is 25.8 Å². The molecule has 13 heavy (non-hydrogen) atoms. The number of aryl methyl sites for hydroxylation is 1. The van der Waals surface area contributed by atoms with Crippen molar-refractivity contribution in [1.82, 2.24) is 10.3 Å². The lowest BCUT2D eigenvalue weighted by Crippen LogP contribution is -2.14. The summed E-state index contributed by atoms with van der Waals surface area (Å²) >= 11 is 5.79. The van der Waals surface area contributed by atoms with Crippen LogP contribution in [0, 0.1) is 6.92 Å². The summed E-state index contributed by atoms with van der Waals surface area (Å²) in [5.41, 5.74) is 2.34. The quantitative estimate of drug-likeness (QED) is 0.699. The first kappa shape index (κ1) is 8.97. The number of rotatable bonds is 1. The lowest BCUT2D eigenvalue weighted by molar-refractivity contribution is 0.640. The summed E-state index contributed by atoms with van der Waals surface area (Å²) in [7, 11) is 0. The largest absolute Gasteiger partial charge is 0.310 e. The molecule has 0 saturated carbocycles. The summed E-state index contributed by atoms with van der Waals surface area (Å²) in [5.74, 6) is 0. The first-order valence-corrected chi connectivity index (χ1v) is 5.01. The standard InChI is InChI=1S/C10H13ClN2/c1-7-8(4-5-10(11)13-7)9-3-2-6-12-9/h4-5,9,12H,2-3,6H2,1H3/t9-/m1/s1. The van der Waals surface area contributed by atoms with E-state index in [-0.39, 0.29) is 0 Å². The maximum absolute atomic E-state index is 5.79. The highest BCUT2D eigenvalue weighted by Crippen LogP contribution is 2.25. The van der Waals surface area contributed by atoms with Crippen molar-refractivity contribution in [3.05, 3.63) is 28.5 Å². The van der Waals surface area contributed by atoms with Gasteiger partial charge in [0.15, 0.2) is 0 Å². The van der Waals surface area contributed by atoms with Crippen molar-refractivity contribution >= 4 is 11.6 Å². The molecule has 2 nitrogen and oxygen atoms in total. The summed E-state index contributed by atoms with van der Waals surface area (Å²) in [6.45, 7) is 3.13. The topological polar surface area (TPSA) is 24.9 Å². The Balaban J connectivity index is 2.29. The van der Waals surface area contributed by atoms with E-state index < -0.39 is 0 Å². The molecule has 1 N–H and O–H groups in total. The Hall–Kier alpha value is -0.600. The molecular weight excluding hydrogens is 184 g/mol. The van der Waals surface area contributed by atoms with Crippen LogP contribution in [0.5, 0.6) is 0 Å². The summed E-state index contributed by atoms with van der Waals surface area (Å²) in [4.78, 5) is 4.24. The third kappa shape index (κ3) is 1.84. The van der Waals surface area contributed by atoms with E-state index in [0.717, 1.165) is 12.2 Å². The van der Waals surface area contributed by atoms with Gasteiger partial charge in [-0.3, -0.25) is 0 Å². The minimum atomic E-state index is 0.491. The number of pyridine rings is 1. The summed E-state index contributed by atoms with van der Waals surface area (Å²) in [6.07, 6.45) is 2.47. The molecule has 2 rings (SSSR count). The number of hydrogen-bond acceptors (Lipinski definition) is 2. The Morgan fingerprint density at radius 1 is 1.54 bits per heavy atom. The molecule has 70 valence electrons. The van der Waals surface area contributed by atoms with Gasteiger partial charge in [-0.2, -0.15) is 0 Å². The van der Waals surface area contributed by atoms with E-state index in [1.165, 1.54) is 18.4 Å². The van der Waals surface area contributed by atoms with Gasteiger partial charge in [0.25, 0.3) is 0 Å². The predicted molar refractivity (Wildman–Crippen MR) is 54.0 cm³/mol. The molecule has 0 bridgehead atoms. The zero-order valence-electron chi connectivity index (χ0n) is 7.68. The normalized spacial score (nSPS) is 22.2. The third-order valence-corrected chi connectivity index (χ3v) is 2.74. The molecule has 0 spiro atoms. The van der Waals surface area contributed by atoms with E-state index >= 15 is 0 Å². The number of halogens is 1. The molecule has 0 aromatic carbocycles. The smallest absolute Gasteiger partial charge is 0.129 e. The average molecular weight is 197 g/mol. The highest BCUT2D eigenvalue weighted by atomic mass is 35.5. The molecule has 0 unspecified atom stereocenters. The number of aromatic nitrogens is 1. The second-order valence-corrected chi connectivity index (χ2v) is 3.84. The Bertz CT molecular complexity index is 306. The van der Waals surface area contributed by atoms with Crippen molar-refractivity contribution in [2.24, 2.45) is 0 Å². The van der Waals surface area contributed by atoms with E-state index in [1.54, 1.807) is 0 Å². The van der Waals surface area contributed by atoms with Gasteiger partial charge < -0.3 is 5.32 Å². The van der Waals surface area contributed by atoms with Gasteiger partial charge in [0.2, 0.25) is 0 Å². The molecule has 0 amide bonds. The molecule has 1 aromatic heterocycles. The fraction of sp³-hybridized carbons (Fsp3) is 0.500. The van der Waals surface area contributed by atoms with E-state index in [9.17, 15) is 0 Å². The highest BCUT2D eigenvalue weighted by Gasteiger charge is 2.18. The maximum Gasteiger partial charge on any atom is 0.129 e. The minimum absolute atomic E-state index is 0.491.